The summed E-state index contributed by atoms with van der Waals surface area (Å²) >= 11 is 0. The third-order valence-corrected chi connectivity index (χ3v) is 4.43. The molecule has 1 amide bonds. The molecule has 1 aliphatic heterocycles. The number of aliphatic carboxylic acids is 1. The van der Waals surface area contributed by atoms with Crippen LogP contribution in [-0.4, -0.2) is 47.3 Å². The van der Waals surface area contributed by atoms with Crippen molar-refractivity contribution in [3.8, 4) is 0 Å². The van der Waals surface area contributed by atoms with E-state index in [0.29, 0.717) is 0 Å². The lowest BCUT2D eigenvalue weighted by molar-refractivity contribution is -0.227. The zero-order valence-corrected chi connectivity index (χ0v) is 13.3. The molecular formula is C16H15F6NO3. The van der Waals surface area contributed by atoms with Crippen molar-refractivity contribution in [2.75, 3.05) is 13.1 Å². The monoisotopic (exact) mass is 383 g/mol. The van der Waals surface area contributed by atoms with Gasteiger partial charge in [-0.3, -0.25) is 9.59 Å². The van der Waals surface area contributed by atoms with Gasteiger partial charge in [0, 0.05) is 25.1 Å². The van der Waals surface area contributed by atoms with Gasteiger partial charge in [0.25, 0.3) is 5.91 Å². The molecular weight excluding hydrogens is 368 g/mol. The fourth-order valence-electron chi connectivity index (χ4n) is 2.90. The van der Waals surface area contributed by atoms with Gasteiger partial charge in [0.2, 0.25) is 0 Å². The third-order valence-electron chi connectivity index (χ3n) is 4.43. The van der Waals surface area contributed by atoms with Crippen molar-refractivity contribution >= 4 is 11.9 Å². The summed E-state index contributed by atoms with van der Waals surface area (Å²) in [5, 5.41) is 9.01. The second-order valence-corrected chi connectivity index (χ2v) is 6.13. The van der Waals surface area contributed by atoms with Crippen LogP contribution in [0.1, 0.15) is 28.8 Å². The van der Waals surface area contributed by atoms with E-state index in [0.717, 1.165) is 4.90 Å². The molecule has 1 aromatic rings. The van der Waals surface area contributed by atoms with Crippen molar-refractivity contribution in [3.05, 3.63) is 35.4 Å². The van der Waals surface area contributed by atoms with Crippen molar-refractivity contribution in [1.82, 2.24) is 4.90 Å². The van der Waals surface area contributed by atoms with Crippen LogP contribution >= 0.6 is 0 Å². The van der Waals surface area contributed by atoms with Gasteiger partial charge < -0.3 is 10.0 Å². The van der Waals surface area contributed by atoms with Gasteiger partial charge in [-0.1, -0.05) is 18.2 Å². The highest BCUT2D eigenvalue weighted by Gasteiger charge is 2.64. The lowest BCUT2D eigenvalue weighted by Crippen LogP contribution is -2.47. The summed E-state index contributed by atoms with van der Waals surface area (Å²) in [5.41, 5.74) is -3.17. The maximum absolute atomic E-state index is 13.2. The van der Waals surface area contributed by atoms with E-state index >= 15 is 0 Å². The standard InChI is InChI=1S/C16H15F6NO3/c17-15(18,19)6-5-10-3-1-2-4-11(10)12(24)23-8-7-14(9-23,13(25)26)16(20,21)22/h1-4H,5-9H2,(H,25,26). The number of carbonyl (C=O) groups is 2. The molecule has 4 nitrogen and oxygen atoms in total. The van der Waals surface area contributed by atoms with Gasteiger partial charge in [0.05, 0.1) is 0 Å². The molecule has 0 radical (unpaired) electrons. The highest BCUT2D eigenvalue weighted by molar-refractivity contribution is 5.96. The number of carboxylic acids is 1. The quantitative estimate of drug-likeness (QED) is 0.808. The number of halogens is 6. The first-order valence-electron chi connectivity index (χ1n) is 7.61. The Morgan fingerprint density at radius 2 is 1.73 bits per heavy atom. The molecule has 1 atom stereocenters. The van der Waals surface area contributed by atoms with Crippen molar-refractivity contribution in [2.45, 2.75) is 31.6 Å². The van der Waals surface area contributed by atoms with Crippen molar-refractivity contribution in [1.29, 1.82) is 0 Å². The fourth-order valence-corrected chi connectivity index (χ4v) is 2.90. The third kappa shape index (κ3) is 3.94. The lowest BCUT2D eigenvalue weighted by Gasteiger charge is -2.27. The van der Waals surface area contributed by atoms with Crippen LogP contribution in [0.3, 0.4) is 0 Å². The van der Waals surface area contributed by atoms with Gasteiger partial charge in [0.1, 0.15) is 0 Å². The molecule has 1 fully saturated rings. The van der Waals surface area contributed by atoms with Crippen LogP contribution in [-0.2, 0) is 11.2 Å². The SMILES string of the molecule is O=C(c1ccccc1CCC(F)(F)F)N1CCC(C(=O)O)(C(F)(F)F)C1. The molecule has 0 spiro atoms. The smallest absolute Gasteiger partial charge is 0.406 e. The van der Waals surface area contributed by atoms with E-state index in [1.54, 1.807) is 0 Å². The summed E-state index contributed by atoms with van der Waals surface area (Å²) in [4.78, 5) is 24.4. The summed E-state index contributed by atoms with van der Waals surface area (Å²) in [6, 6.07) is 5.32. The van der Waals surface area contributed by atoms with Crippen LogP contribution in [0.5, 0.6) is 0 Å². The molecule has 0 aliphatic carbocycles. The number of alkyl halides is 6. The highest BCUT2D eigenvalue weighted by Crippen LogP contribution is 2.46. The Labute approximate surface area is 144 Å². The second kappa shape index (κ2) is 6.81. The highest BCUT2D eigenvalue weighted by atomic mass is 19.4. The van der Waals surface area contributed by atoms with Crippen LogP contribution in [0.15, 0.2) is 24.3 Å². The molecule has 1 aromatic carbocycles. The molecule has 1 heterocycles. The maximum Gasteiger partial charge on any atom is 0.406 e. The summed E-state index contributed by atoms with van der Waals surface area (Å²) < 4.78 is 76.8. The zero-order valence-electron chi connectivity index (χ0n) is 13.3. The molecule has 10 heteroatoms. The van der Waals surface area contributed by atoms with E-state index in [-0.39, 0.29) is 11.1 Å². The molecule has 1 saturated heterocycles. The largest absolute Gasteiger partial charge is 0.481 e. The molecule has 0 aromatic heterocycles. The van der Waals surface area contributed by atoms with E-state index < -0.39 is 62.0 Å². The van der Waals surface area contributed by atoms with E-state index in [4.69, 9.17) is 5.11 Å². The average molecular weight is 383 g/mol. The van der Waals surface area contributed by atoms with E-state index in [1.807, 2.05) is 0 Å². The average Bonchev–Trinajstić information content (AvgIpc) is 2.98. The predicted octanol–water partition coefficient (Wildman–Crippen LogP) is 3.66. The summed E-state index contributed by atoms with van der Waals surface area (Å²) in [7, 11) is 0. The minimum absolute atomic E-state index is 0.0506. The molecule has 1 aliphatic rings. The van der Waals surface area contributed by atoms with Gasteiger partial charge in [-0.2, -0.15) is 26.3 Å². The van der Waals surface area contributed by atoms with Crippen molar-refractivity contribution < 1.29 is 41.0 Å². The number of rotatable bonds is 4. The number of hydrogen-bond acceptors (Lipinski definition) is 2. The lowest BCUT2D eigenvalue weighted by atomic mass is 9.86. The molecule has 1 unspecified atom stereocenters. The van der Waals surface area contributed by atoms with E-state index in [9.17, 15) is 35.9 Å². The number of amides is 1. The Morgan fingerprint density at radius 1 is 1.12 bits per heavy atom. The Morgan fingerprint density at radius 3 is 2.23 bits per heavy atom. The minimum Gasteiger partial charge on any atom is -0.481 e. The maximum atomic E-state index is 13.2. The number of carboxylic acid groups (broad SMARTS) is 1. The first-order chi connectivity index (χ1) is 11.9. The predicted molar refractivity (Wildman–Crippen MR) is 77.5 cm³/mol. The Hall–Kier alpha value is -2.26. The summed E-state index contributed by atoms with van der Waals surface area (Å²) in [6.45, 7) is -1.52. The van der Waals surface area contributed by atoms with Gasteiger partial charge in [-0.25, -0.2) is 0 Å². The number of benzene rings is 1. The van der Waals surface area contributed by atoms with Gasteiger partial charge in [-0.15, -0.1) is 0 Å². The van der Waals surface area contributed by atoms with Crippen molar-refractivity contribution in [2.24, 2.45) is 5.41 Å². The van der Waals surface area contributed by atoms with Crippen LogP contribution in [0.4, 0.5) is 26.3 Å². The zero-order chi connectivity index (χ0) is 19.8. The molecule has 26 heavy (non-hydrogen) atoms. The molecule has 1 N–H and O–H groups in total. The number of carbonyl (C=O) groups excluding carboxylic acids is 1. The van der Waals surface area contributed by atoms with Gasteiger partial charge in [0.15, 0.2) is 5.41 Å². The number of nitrogens with zero attached hydrogens (tertiary/aromatic N) is 1. The van der Waals surface area contributed by atoms with Crippen LogP contribution in [0.2, 0.25) is 0 Å². The minimum atomic E-state index is -5.05. The van der Waals surface area contributed by atoms with Gasteiger partial charge in [-0.05, 0) is 24.5 Å². The second-order valence-electron chi connectivity index (χ2n) is 6.13. The Balaban J connectivity index is 2.25. The number of aryl methyl sites for hydroxylation is 1. The van der Waals surface area contributed by atoms with Crippen molar-refractivity contribution in [3.63, 3.8) is 0 Å². The normalized spacial score (nSPS) is 21.1. The number of hydrogen-bond donors (Lipinski definition) is 1. The fraction of sp³-hybridized carbons (Fsp3) is 0.500. The van der Waals surface area contributed by atoms with Gasteiger partial charge >= 0.3 is 18.3 Å². The first-order valence-corrected chi connectivity index (χ1v) is 7.61. The first kappa shape index (κ1) is 20.1. The molecule has 0 bridgehead atoms. The van der Waals surface area contributed by atoms with Crippen LogP contribution < -0.4 is 0 Å². The number of likely N-dealkylation sites (tertiary alicyclic amines) is 1. The summed E-state index contributed by atoms with van der Waals surface area (Å²) in [5.74, 6) is -2.99. The Kier molecular flexibility index (Phi) is 5.25. The Bertz CT molecular complexity index is 700. The van der Waals surface area contributed by atoms with E-state index in [2.05, 4.69) is 0 Å². The molecule has 2 rings (SSSR count). The summed E-state index contributed by atoms with van der Waals surface area (Å²) in [6.07, 6.45) is -12.0. The topological polar surface area (TPSA) is 57.6 Å². The van der Waals surface area contributed by atoms with E-state index in [1.165, 1.54) is 24.3 Å². The molecule has 144 valence electrons. The van der Waals surface area contributed by atoms with Crippen LogP contribution in [0.25, 0.3) is 0 Å². The van der Waals surface area contributed by atoms with Crippen LogP contribution in [0, 0.1) is 5.41 Å². The molecule has 0 saturated carbocycles.